The lowest BCUT2D eigenvalue weighted by Crippen LogP contribution is -2.17. The zero-order chi connectivity index (χ0) is 14.7. The summed E-state index contributed by atoms with van der Waals surface area (Å²) in [5, 5.41) is 3.35. The fourth-order valence-corrected chi connectivity index (χ4v) is 2.83. The standard InChI is InChI=1S/C16H25FN2O/c1-10(2)20-16-8-15(14(18)7-13(16)17)19-9-12-6-4-5-11(12)3/h7-8,10-12,19H,4-6,9,18H2,1-3H3. The maximum absolute atomic E-state index is 13.8. The van der Waals surface area contributed by atoms with Crippen LogP contribution >= 0.6 is 0 Å². The molecule has 0 heterocycles. The average molecular weight is 280 g/mol. The normalized spacial score (nSPS) is 22.2. The molecule has 1 aliphatic rings. The Labute approximate surface area is 120 Å². The largest absolute Gasteiger partial charge is 0.488 e. The molecule has 0 radical (unpaired) electrons. The van der Waals surface area contributed by atoms with Crippen LogP contribution in [0.5, 0.6) is 5.75 Å². The van der Waals surface area contributed by atoms with Crippen LogP contribution in [0.3, 0.4) is 0 Å². The molecular formula is C16H25FN2O. The maximum Gasteiger partial charge on any atom is 0.167 e. The van der Waals surface area contributed by atoms with E-state index < -0.39 is 5.82 Å². The van der Waals surface area contributed by atoms with Crippen molar-refractivity contribution in [3.63, 3.8) is 0 Å². The fraction of sp³-hybridized carbons (Fsp3) is 0.625. The molecule has 4 heteroatoms. The number of benzene rings is 1. The second kappa shape index (κ2) is 6.33. The molecule has 2 rings (SSSR count). The van der Waals surface area contributed by atoms with Crippen molar-refractivity contribution < 1.29 is 9.13 Å². The number of halogens is 1. The van der Waals surface area contributed by atoms with Gasteiger partial charge in [0, 0.05) is 18.7 Å². The van der Waals surface area contributed by atoms with Gasteiger partial charge in [0.2, 0.25) is 0 Å². The minimum absolute atomic E-state index is 0.0594. The molecular weight excluding hydrogens is 255 g/mol. The van der Waals surface area contributed by atoms with E-state index in [4.69, 9.17) is 10.5 Å². The number of nitrogens with two attached hydrogens (primary N) is 1. The second-order valence-corrected chi connectivity index (χ2v) is 6.09. The molecule has 2 unspecified atom stereocenters. The van der Waals surface area contributed by atoms with Gasteiger partial charge in [0.25, 0.3) is 0 Å². The van der Waals surface area contributed by atoms with Crippen molar-refractivity contribution in [1.29, 1.82) is 0 Å². The smallest absolute Gasteiger partial charge is 0.167 e. The van der Waals surface area contributed by atoms with E-state index in [-0.39, 0.29) is 11.9 Å². The van der Waals surface area contributed by atoms with Crippen LogP contribution in [-0.2, 0) is 0 Å². The first kappa shape index (κ1) is 14.9. The highest BCUT2D eigenvalue weighted by atomic mass is 19.1. The van der Waals surface area contributed by atoms with Crippen molar-refractivity contribution in [2.45, 2.75) is 46.1 Å². The Hall–Kier alpha value is -1.45. The summed E-state index contributed by atoms with van der Waals surface area (Å²) < 4.78 is 19.2. The molecule has 0 amide bonds. The van der Waals surface area contributed by atoms with Crippen LogP contribution in [0.4, 0.5) is 15.8 Å². The van der Waals surface area contributed by atoms with Crippen LogP contribution in [0.15, 0.2) is 12.1 Å². The van der Waals surface area contributed by atoms with Crippen molar-refractivity contribution in [3.05, 3.63) is 17.9 Å². The first-order valence-corrected chi connectivity index (χ1v) is 7.47. The number of hydrogen-bond acceptors (Lipinski definition) is 3. The third-order valence-electron chi connectivity index (χ3n) is 4.06. The highest BCUT2D eigenvalue weighted by Crippen LogP contribution is 2.33. The Morgan fingerprint density at radius 3 is 2.75 bits per heavy atom. The quantitative estimate of drug-likeness (QED) is 0.800. The van der Waals surface area contributed by atoms with Crippen molar-refractivity contribution >= 4 is 11.4 Å². The number of rotatable bonds is 5. The average Bonchev–Trinajstić information content (AvgIpc) is 2.76. The van der Waals surface area contributed by atoms with Crippen molar-refractivity contribution in [2.75, 3.05) is 17.6 Å². The number of nitrogen functional groups attached to an aromatic ring is 1. The molecule has 0 spiro atoms. The van der Waals surface area contributed by atoms with Crippen LogP contribution in [-0.4, -0.2) is 12.6 Å². The molecule has 1 saturated carbocycles. The molecule has 0 saturated heterocycles. The van der Waals surface area contributed by atoms with Crippen LogP contribution in [0, 0.1) is 17.7 Å². The van der Waals surface area contributed by atoms with Crippen molar-refractivity contribution in [1.82, 2.24) is 0 Å². The minimum Gasteiger partial charge on any atom is -0.488 e. The molecule has 112 valence electrons. The van der Waals surface area contributed by atoms with Crippen molar-refractivity contribution in [2.24, 2.45) is 11.8 Å². The molecule has 3 N–H and O–H groups in total. The zero-order valence-electron chi connectivity index (χ0n) is 12.6. The monoisotopic (exact) mass is 280 g/mol. The van der Waals surface area contributed by atoms with Gasteiger partial charge in [-0.15, -0.1) is 0 Å². The Kier molecular flexibility index (Phi) is 4.73. The summed E-state index contributed by atoms with van der Waals surface area (Å²) in [5.74, 6) is 1.27. The summed E-state index contributed by atoms with van der Waals surface area (Å²) in [7, 11) is 0. The third-order valence-corrected chi connectivity index (χ3v) is 4.06. The van der Waals surface area contributed by atoms with Gasteiger partial charge in [-0.1, -0.05) is 19.8 Å². The minimum atomic E-state index is -0.406. The van der Waals surface area contributed by atoms with Crippen LogP contribution < -0.4 is 15.8 Å². The summed E-state index contributed by atoms with van der Waals surface area (Å²) in [6.07, 6.45) is 3.79. The van der Waals surface area contributed by atoms with Gasteiger partial charge in [0.15, 0.2) is 11.6 Å². The zero-order valence-corrected chi connectivity index (χ0v) is 12.6. The highest BCUT2D eigenvalue weighted by Gasteiger charge is 2.23. The topological polar surface area (TPSA) is 47.3 Å². The van der Waals surface area contributed by atoms with E-state index >= 15 is 0 Å². The highest BCUT2D eigenvalue weighted by molar-refractivity contribution is 5.68. The molecule has 0 aliphatic heterocycles. The molecule has 1 aliphatic carbocycles. The predicted octanol–water partition coefficient (Wildman–Crippen LogP) is 4.04. The molecule has 3 nitrogen and oxygen atoms in total. The van der Waals surface area contributed by atoms with Crippen molar-refractivity contribution in [3.8, 4) is 5.75 Å². The van der Waals surface area contributed by atoms with E-state index in [1.54, 1.807) is 6.07 Å². The first-order chi connectivity index (χ1) is 9.47. The van der Waals surface area contributed by atoms with E-state index in [0.717, 1.165) is 18.2 Å². The van der Waals surface area contributed by atoms with Gasteiger partial charge in [-0.25, -0.2) is 4.39 Å². The molecule has 20 heavy (non-hydrogen) atoms. The predicted molar refractivity (Wildman–Crippen MR) is 81.6 cm³/mol. The van der Waals surface area contributed by atoms with Gasteiger partial charge in [-0.05, 0) is 32.1 Å². The van der Waals surface area contributed by atoms with Gasteiger partial charge in [-0.3, -0.25) is 0 Å². The lowest BCUT2D eigenvalue weighted by molar-refractivity contribution is 0.231. The SMILES string of the molecule is CC(C)Oc1cc(NCC2CCCC2C)c(N)cc1F. The molecule has 1 aromatic rings. The van der Waals surface area contributed by atoms with Crippen LogP contribution in [0.25, 0.3) is 0 Å². The lowest BCUT2D eigenvalue weighted by Gasteiger charge is -2.19. The number of ether oxygens (including phenoxy) is 1. The van der Waals surface area contributed by atoms with Gasteiger partial charge >= 0.3 is 0 Å². The van der Waals surface area contributed by atoms with E-state index in [1.807, 2.05) is 13.8 Å². The Bertz CT molecular complexity index is 462. The molecule has 1 aromatic carbocycles. The molecule has 0 bridgehead atoms. The second-order valence-electron chi connectivity index (χ2n) is 6.09. The Morgan fingerprint density at radius 1 is 1.40 bits per heavy atom. The van der Waals surface area contributed by atoms with E-state index in [1.165, 1.54) is 25.3 Å². The van der Waals surface area contributed by atoms with E-state index in [2.05, 4.69) is 12.2 Å². The summed E-state index contributed by atoms with van der Waals surface area (Å²) in [5.41, 5.74) is 7.08. The Balaban J connectivity index is 2.06. The molecule has 0 aromatic heterocycles. The van der Waals surface area contributed by atoms with Gasteiger partial charge < -0.3 is 15.8 Å². The number of hydrogen-bond donors (Lipinski definition) is 2. The van der Waals surface area contributed by atoms with E-state index in [9.17, 15) is 4.39 Å². The number of nitrogens with one attached hydrogen (secondary N) is 1. The van der Waals surface area contributed by atoms with Gasteiger partial charge in [0.05, 0.1) is 17.5 Å². The van der Waals surface area contributed by atoms with Crippen LogP contribution in [0.1, 0.15) is 40.0 Å². The van der Waals surface area contributed by atoms with Gasteiger partial charge in [-0.2, -0.15) is 0 Å². The van der Waals surface area contributed by atoms with Gasteiger partial charge in [0.1, 0.15) is 0 Å². The first-order valence-electron chi connectivity index (χ1n) is 7.47. The fourth-order valence-electron chi connectivity index (χ4n) is 2.83. The third kappa shape index (κ3) is 3.56. The van der Waals surface area contributed by atoms with E-state index in [0.29, 0.717) is 11.6 Å². The summed E-state index contributed by atoms with van der Waals surface area (Å²) in [6.45, 7) is 6.94. The summed E-state index contributed by atoms with van der Waals surface area (Å²) in [6, 6.07) is 3.00. The maximum atomic E-state index is 13.8. The molecule has 2 atom stereocenters. The lowest BCUT2D eigenvalue weighted by atomic mass is 9.98. The summed E-state index contributed by atoms with van der Waals surface area (Å²) in [4.78, 5) is 0. The Morgan fingerprint density at radius 2 is 2.15 bits per heavy atom. The summed E-state index contributed by atoms with van der Waals surface area (Å²) >= 11 is 0. The van der Waals surface area contributed by atoms with Crippen LogP contribution in [0.2, 0.25) is 0 Å². The number of anilines is 2. The molecule has 1 fully saturated rings.